The minimum atomic E-state index is -0.472. The molecule has 0 spiro atoms. The van der Waals surface area contributed by atoms with Crippen LogP contribution < -0.4 is 10.6 Å². The van der Waals surface area contributed by atoms with Crippen LogP contribution in [0, 0.1) is 10.1 Å². The molecule has 1 fully saturated rings. The summed E-state index contributed by atoms with van der Waals surface area (Å²) in [5, 5.41) is 16.9. The van der Waals surface area contributed by atoms with Crippen LogP contribution >= 0.6 is 0 Å². The Morgan fingerprint density at radius 2 is 2.47 bits per heavy atom. The molecule has 7 heteroatoms. The number of hydrogen-bond acceptors (Lipinski definition) is 4. The monoisotopic (exact) mass is 266 g/mol. The first-order valence-corrected chi connectivity index (χ1v) is 6.48. The van der Waals surface area contributed by atoms with Gasteiger partial charge in [-0.25, -0.2) is 0 Å². The molecule has 2 heterocycles. The summed E-state index contributed by atoms with van der Waals surface area (Å²) in [6.07, 6.45) is 3.13. The number of nitrogens with zero attached hydrogens (tertiary/aromatic N) is 2. The molecule has 0 aromatic carbocycles. The van der Waals surface area contributed by atoms with Crippen LogP contribution in [0.4, 0.5) is 5.69 Å². The molecule has 1 aromatic rings. The number of nitro groups is 1. The van der Waals surface area contributed by atoms with E-state index < -0.39 is 4.92 Å². The number of hydrogen-bond donors (Lipinski definition) is 2. The first kappa shape index (κ1) is 13.5. The molecule has 19 heavy (non-hydrogen) atoms. The van der Waals surface area contributed by atoms with E-state index in [2.05, 4.69) is 10.6 Å². The van der Waals surface area contributed by atoms with Gasteiger partial charge in [-0.3, -0.25) is 14.9 Å². The van der Waals surface area contributed by atoms with Crippen LogP contribution in [0.15, 0.2) is 12.3 Å². The van der Waals surface area contributed by atoms with E-state index in [1.54, 1.807) is 4.57 Å². The molecule has 1 aliphatic heterocycles. The predicted molar refractivity (Wildman–Crippen MR) is 70.1 cm³/mol. The predicted octanol–water partition coefficient (Wildman–Crippen LogP) is 0.898. The van der Waals surface area contributed by atoms with Crippen LogP contribution in [0.25, 0.3) is 0 Å². The number of carbonyl (C=O) groups excluding carboxylic acids is 1. The normalized spacial score (nSPS) is 18.5. The van der Waals surface area contributed by atoms with E-state index in [1.165, 1.54) is 12.3 Å². The Morgan fingerprint density at radius 3 is 3.05 bits per heavy atom. The van der Waals surface area contributed by atoms with Crippen molar-refractivity contribution in [1.29, 1.82) is 0 Å². The van der Waals surface area contributed by atoms with Crippen molar-refractivity contribution in [3.63, 3.8) is 0 Å². The van der Waals surface area contributed by atoms with Gasteiger partial charge < -0.3 is 15.2 Å². The van der Waals surface area contributed by atoms with Crippen molar-refractivity contribution in [3.8, 4) is 0 Å². The fourth-order valence-corrected chi connectivity index (χ4v) is 2.25. The van der Waals surface area contributed by atoms with Crippen LogP contribution in [-0.4, -0.2) is 34.5 Å². The number of amides is 1. The van der Waals surface area contributed by atoms with Crippen molar-refractivity contribution in [2.75, 3.05) is 13.1 Å². The summed E-state index contributed by atoms with van der Waals surface area (Å²) in [4.78, 5) is 22.5. The van der Waals surface area contributed by atoms with Crippen molar-refractivity contribution in [2.24, 2.45) is 0 Å². The van der Waals surface area contributed by atoms with Gasteiger partial charge in [-0.2, -0.15) is 0 Å². The van der Waals surface area contributed by atoms with E-state index in [4.69, 9.17) is 0 Å². The maximum Gasteiger partial charge on any atom is 0.287 e. The molecule has 104 valence electrons. The van der Waals surface area contributed by atoms with Crippen molar-refractivity contribution < 1.29 is 9.72 Å². The lowest BCUT2D eigenvalue weighted by molar-refractivity contribution is -0.384. The summed E-state index contributed by atoms with van der Waals surface area (Å²) in [6.45, 7) is 4.21. The van der Waals surface area contributed by atoms with Crippen LogP contribution in [0.3, 0.4) is 0 Å². The summed E-state index contributed by atoms with van der Waals surface area (Å²) < 4.78 is 1.65. The molecular formula is C12H18N4O3. The van der Waals surface area contributed by atoms with Gasteiger partial charge in [-0.05, 0) is 19.4 Å². The lowest BCUT2D eigenvalue weighted by atomic mass is 10.2. The second-order valence-corrected chi connectivity index (χ2v) is 4.70. The number of carbonyl (C=O) groups is 1. The van der Waals surface area contributed by atoms with Gasteiger partial charge in [0.25, 0.3) is 11.6 Å². The van der Waals surface area contributed by atoms with Crippen molar-refractivity contribution in [1.82, 2.24) is 15.2 Å². The zero-order valence-corrected chi connectivity index (χ0v) is 10.9. The summed E-state index contributed by atoms with van der Waals surface area (Å²) in [7, 11) is 0. The third-order valence-electron chi connectivity index (χ3n) is 3.19. The molecule has 7 nitrogen and oxygen atoms in total. The first-order chi connectivity index (χ1) is 9.11. The average molecular weight is 266 g/mol. The quantitative estimate of drug-likeness (QED) is 0.612. The van der Waals surface area contributed by atoms with E-state index in [-0.39, 0.29) is 17.6 Å². The van der Waals surface area contributed by atoms with E-state index in [9.17, 15) is 14.9 Å². The third-order valence-corrected chi connectivity index (χ3v) is 3.19. The standard InChI is InChI=1S/C12H18N4O3/c1-2-5-15-8-10(16(18)19)6-11(15)12(17)14-9-3-4-13-7-9/h6,8-9,13H,2-5,7H2,1H3,(H,14,17)/t9-/m1/s1. The molecule has 1 aromatic heterocycles. The number of nitrogens with one attached hydrogen (secondary N) is 2. The topological polar surface area (TPSA) is 89.2 Å². The van der Waals surface area contributed by atoms with Crippen LogP contribution in [-0.2, 0) is 6.54 Å². The SMILES string of the molecule is CCCn1cc([N+](=O)[O-])cc1C(=O)N[C@@H]1CCNC1. The highest BCUT2D eigenvalue weighted by atomic mass is 16.6. The van der Waals surface area contributed by atoms with Gasteiger partial charge in [0.2, 0.25) is 0 Å². The largest absolute Gasteiger partial charge is 0.347 e. The summed E-state index contributed by atoms with van der Waals surface area (Å²) >= 11 is 0. The Hall–Kier alpha value is -1.89. The molecule has 0 radical (unpaired) electrons. The molecule has 2 N–H and O–H groups in total. The van der Waals surface area contributed by atoms with Gasteiger partial charge >= 0.3 is 0 Å². The summed E-state index contributed by atoms with van der Waals surface area (Å²) in [6, 6.07) is 1.45. The molecule has 0 saturated carbocycles. The molecule has 1 aliphatic rings. The van der Waals surface area contributed by atoms with Gasteiger partial charge in [0.1, 0.15) is 5.69 Å². The lowest BCUT2D eigenvalue weighted by Crippen LogP contribution is -2.37. The minimum absolute atomic E-state index is 0.0388. The van der Waals surface area contributed by atoms with Gasteiger partial charge in [0.15, 0.2) is 0 Å². The third kappa shape index (κ3) is 3.11. The molecule has 1 atom stereocenters. The van der Waals surface area contributed by atoms with Gasteiger partial charge in [-0.1, -0.05) is 6.92 Å². The average Bonchev–Trinajstić information content (AvgIpc) is 2.98. The van der Waals surface area contributed by atoms with Gasteiger partial charge in [0.05, 0.1) is 11.1 Å². The van der Waals surface area contributed by atoms with Crippen molar-refractivity contribution in [2.45, 2.75) is 32.4 Å². The first-order valence-electron chi connectivity index (χ1n) is 6.48. The molecule has 1 amide bonds. The highest BCUT2D eigenvalue weighted by Gasteiger charge is 2.22. The molecule has 1 saturated heterocycles. The Morgan fingerprint density at radius 1 is 1.68 bits per heavy atom. The van der Waals surface area contributed by atoms with Gasteiger partial charge in [0, 0.05) is 25.2 Å². The Balaban J connectivity index is 2.16. The fraction of sp³-hybridized carbons (Fsp3) is 0.583. The maximum absolute atomic E-state index is 12.1. The van der Waals surface area contributed by atoms with Crippen LogP contribution in [0.2, 0.25) is 0 Å². The fourth-order valence-electron chi connectivity index (χ4n) is 2.25. The van der Waals surface area contributed by atoms with E-state index >= 15 is 0 Å². The van der Waals surface area contributed by atoms with E-state index in [0.717, 1.165) is 25.9 Å². The Bertz CT molecular complexity index is 477. The van der Waals surface area contributed by atoms with Gasteiger partial charge in [-0.15, -0.1) is 0 Å². The number of rotatable bonds is 5. The van der Waals surface area contributed by atoms with E-state index in [1.807, 2.05) is 6.92 Å². The summed E-state index contributed by atoms with van der Waals surface area (Å²) in [5.41, 5.74) is 0.323. The Kier molecular flexibility index (Phi) is 4.16. The Labute approximate surface area is 111 Å². The number of aryl methyl sites for hydroxylation is 1. The number of aromatic nitrogens is 1. The maximum atomic E-state index is 12.1. The van der Waals surface area contributed by atoms with Crippen molar-refractivity contribution in [3.05, 3.63) is 28.1 Å². The molecule has 0 unspecified atom stereocenters. The second-order valence-electron chi connectivity index (χ2n) is 4.70. The van der Waals surface area contributed by atoms with Crippen molar-refractivity contribution >= 4 is 11.6 Å². The zero-order valence-electron chi connectivity index (χ0n) is 10.9. The molecule has 2 rings (SSSR count). The van der Waals surface area contributed by atoms with Crippen LogP contribution in [0.1, 0.15) is 30.3 Å². The molecular weight excluding hydrogens is 248 g/mol. The summed E-state index contributed by atoms with van der Waals surface area (Å²) in [5.74, 6) is -0.241. The lowest BCUT2D eigenvalue weighted by Gasteiger charge is -2.12. The van der Waals surface area contributed by atoms with E-state index in [0.29, 0.717) is 12.2 Å². The zero-order chi connectivity index (χ0) is 13.8. The second kappa shape index (κ2) is 5.83. The highest BCUT2D eigenvalue weighted by molar-refractivity contribution is 5.93. The highest BCUT2D eigenvalue weighted by Crippen LogP contribution is 2.17. The smallest absolute Gasteiger partial charge is 0.287 e. The van der Waals surface area contributed by atoms with Crippen LogP contribution in [0.5, 0.6) is 0 Å². The molecule has 0 bridgehead atoms. The minimum Gasteiger partial charge on any atom is -0.347 e. The molecule has 0 aliphatic carbocycles.